The molecular weight excluding hydrogens is 446 g/mol. The molecule has 1 radical (unpaired) electrons. The number of thiocarbonyl (C=S) groups is 1. The van der Waals surface area contributed by atoms with Crippen LogP contribution in [-0.4, -0.2) is 30.1 Å². The van der Waals surface area contributed by atoms with Crippen molar-refractivity contribution in [3.63, 3.8) is 0 Å². The summed E-state index contributed by atoms with van der Waals surface area (Å²) in [6.45, 7) is 5.33. The standard InChI is InChI=1S/C21H24F4N5OS/c1-20(2,12-6-5-7-13(10-12)21(23,24)25)29-18(32)28-16-9-8-15(22)14(17(16)26)11-27-19(31)30(3)4/h5-10H,1,11,26H2,2-4H3,(H,27,31)(H2,28,29,32). The number of nitrogens with two attached hydrogens (primary N) is 1. The summed E-state index contributed by atoms with van der Waals surface area (Å²) in [6, 6.07) is 6.83. The van der Waals surface area contributed by atoms with Crippen molar-refractivity contribution in [3.8, 4) is 0 Å². The van der Waals surface area contributed by atoms with E-state index >= 15 is 0 Å². The Morgan fingerprint density at radius 3 is 2.41 bits per heavy atom. The summed E-state index contributed by atoms with van der Waals surface area (Å²) in [5.41, 5.74) is 4.63. The zero-order chi connectivity index (χ0) is 24.3. The molecule has 0 aromatic heterocycles. The molecule has 11 heteroatoms. The fraction of sp³-hybridized carbons (Fsp3) is 0.286. The fourth-order valence-electron chi connectivity index (χ4n) is 2.76. The third-order valence-corrected chi connectivity index (χ3v) is 4.79. The average molecular weight is 471 g/mol. The second-order valence-corrected chi connectivity index (χ2v) is 7.94. The number of amides is 2. The predicted molar refractivity (Wildman–Crippen MR) is 120 cm³/mol. The summed E-state index contributed by atoms with van der Waals surface area (Å²) in [6.07, 6.45) is -4.49. The van der Waals surface area contributed by atoms with E-state index in [-0.39, 0.29) is 34.2 Å². The van der Waals surface area contributed by atoms with Gasteiger partial charge in [0, 0.05) is 26.2 Å². The highest BCUT2D eigenvalue weighted by molar-refractivity contribution is 7.80. The molecule has 0 spiro atoms. The summed E-state index contributed by atoms with van der Waals surface area (Å²) in [5, 5.41) is 8.19. The lowest BCUT2D eigenvalue weighted by Gasteiger charge is -2.29. The Balaban J connectivity index is 2.17. The number of halogens is 4. The second kappa shape index (κ2) is 9.60. The molecule has 2 aromatic carbocycles. The second-order valence-electron chi connectivity index (χ2n) is 7.53. The van der Waals surface area contributed by atoms with E-state index in [4.69, 9.17) is 18.0 Å². The number of nitrogens with one attached hydrogen (secondary N) is 3. The zero-order valence-corrected chi connectivity index (χ0v) is 18.5. The summed E-state index contributed by atoms with van der Waals surface area (Å²) in [7, 11) is 3.08. The van der Waals surface area contributed by atoms with E-state index < -0.39 is 29.1 Å². The topological polar surface area (TPSA) is 82.4 Å². The smallest absolute Gasteiger partial charge is 0.397 e. The normalized spacial score (nSPS) is 11.6. The molecule has 6 nitrogen and oxygen atoms in total. The molecule has 0 saturated carbocycles. The minimum atomic E-state index is -4.49. The van der Waals surface area contributed by atoms with Crippen molar-refractivity contribution in [3.05, 3.63) is 65.8 Å². The van der Waals surface area contributed by atoms with Crippen LogP contribution in [0.25, 0.3) is 0 Å². The van der Waals surface area contributed by atoms with E-state index in [0.717, 1.165) is 18.2 Å². The van der Waals surface area contributed by atoms with Crippen LogP contribution in [-0.2, 0) is 18.3 Å². The van der Waals surface area contributed by atoms with Crippen LogP contribution >= 0.6 is 12.2 Å². The Bertz CT molecular complexity index is 1010. The highest BCUT2D eigenvalue weighted by atomic mass is 32.1. The van der Waals surface area contributed by atoms with E-state index in [2.05, 4.69) is 22.9 Å². The van der Waals surface area contributed by atoms with Gasteiger partial charge >= 0.3 is 12.2 Å². The Morgan fingerprint density at radius 2 is 1.81 bits per heavy atom. The fourth-order valence-corrected chi connectivity index (χ4v) is 3.10. The number of carbonyl (C=O) groups excluding carboxylic acids is 1. The number of urea groups is 1. The highest BCUT2D eigenvalue weighted by Gasteiger charge is 2.32. The Morgan fingerprint density at radius 1 is 1.19 bits per heavy atom. The Kier molecular flexibility index (Phi) is 7.55. The third kappa shape index (κ3) is 6.22. The van der Waals surface area contributed by atoms with E-state index in [1.807, 2.05) is 0 Å². The zero-order valence-electron chi connectivity index (χ0n) is 17.7. The van der Waals surface area contributed by atoms with Crippen LogP contribution in [0.2, 0.25) is 0 Å². The molecule has 0 aliphatic carbocycles. The Labute approximate surface area is 189 Å². The number of carbonyl (C=O) groups is 1. The Hall–Kier alpha value is -3.08. The summed E-state index contributed by atoms with van der Waals surface area (Å²) in [5.74, 6) is -0.614. The summed E-state index contributed by atoms with van der Waals surface area (Å²) >= 11 is 5.26. The van der Waals surface area contributed by atoms with Gasteiger partial charge in [-0.2, -0.15) is 13.2 Å². The van der Waals surface area contributed by atoms with Crippen LogP contribution in [0.4, 0.5) is 33.7 Å². The van der Waals surface area contributed by atoms with Crippen molar-refractivity contribution >= 4 is 34.7 Å². The largest absolute Gasteiger partial charge is 0.416 e. The van der Waals surface area contributed by atoms with Crippen molar-refractivity contribution in [2.45, 2.75) is 25.2 Å². The lowest BCUT2D eigenvalue weighted by Crippen LogP contribution is -2.43. The summed E-state index contributed by atoms with van der Waals surface area (Å²) in [4.78, 5) is 13.0. The number of nitrogens with zero attached hydrogens (tertiary/aromatic N) is 1. The molecule has 32 heavy (non-hydrogen) atoms. The highest BCUT2D eigenvalue weighted by Crippen LogP contribution is 2.32. The lowest BCUT2D eigenvalue weighted by atomic mass is 9.93. The minimum Gasteiger partial charge on any atom is -0.397 e. The van der Waals surface area contributed by atoms with Crippen LogP contribution in [0.3, 0.4) is 0 Å². The molecule has 0 aliphatic heterocycles. The van der Waals surface area contributed by atoms with Gasteiger partial charge in [-0.1, -0.05) is 12.1 Å². The monoisotopic (exact) mass is 470 g/mol. The number of hydrogen-bond acceptors (Lipinski definition) is 3. The van der Waals surface area contributed by atoms with Crippen molar-refractivity contribution < 1.29 is 22.4 Å². The predicted octanol–water partition coefficient (Wildman–Crippen LogP) is 4.23. The van der Waals surface area contributed by atoms with Crippen LogP contribution in [0.1, 0.15) is 23.6 Å². The quantitative estimate of drug-likeness (QED) is 0.299. The van der Waals surface area contributed by atoms with E-state index in [0.29, 0.717) is 0 Å². The lowest BCUT2D eigenvalue weighted by molar-refractivity contribution is -0.137. The molecule has 0 heterocycles. The first-order valence-electron chi connectivity index (χ1n) is 9.36. The van der Waals surface area contributed by atoms with Gasteiger partial charge in [0.25, 0.3) is 0 Å². The first kappa shape index (κ1) is 25.2. The van der Waals surface area contributed by atoms with Crippen molar-refractivity contribution in [1.82, 2.24) is 15.5 Å². The van der Waals surface area contributed by atoms with E-state index in [9.17, 15) is 22.4 Å². The van der Waals surface area contributed by atoms with Crippen LogP contribution in [0, 0.1) is 12.7 Å². The molecule has 2 rings (SSSR count). The van der Waals surface area contributed by atoms with Gasteiger partial charge < -0.3 is 26.6 Å². The molecule has 0 saturated heterocycles. The van der Waals surface area contributed by atoms with Crippen LogP contribution in [0.15, 0.2) is 36.4 Å². The molecule has 2 amide bonds. The number of benzene rings is 2. The van der Waals surface area contributed by atoms with Crippen LogP contribution < -0.4 is 21.7 Å². The van der Waals surface area contributed by atoms with Crippen molar-refractivity contribution in [2.75, 3.05) is 25.1 Å². The maximum atomic E-state index is 14.2. The van der Waals surface area contributed by atoms with Crippen molar-refractivity contribution in [1.29, 1.82) is 0 Å². The minimum absolute atomic E-state index is 0.0153. The summed E-state index contributed by atoms with van der Waals surface area (Å²) < 4.78 is 53.3. The number of nitrogen functional groups attached to an aromatic ring is 1. The third-order valence-electron chi connectivity index (χ3n) is 4.59. The van der Waals surface area contributed by atoms with Gasteiger partial charge in [-0.15, -0.1) is 0 Å². The van der Waals surface area contributed by atoms with Crippen LogP contribution in [0.5, 0.6) is 0 Å². The molecule has 2 aromatic rings. The van der Waals surface area contributed by atoms with Gasteiger partial charge in [-0.3, -0.25) is 0 Å². The molecule has 0 fully saturated rings. The molecule has 1 atom stereocenters. The molecule has 0 aliphatic rings. The van der Waals surface area contributed by atoms with E-state index in [1.54, 1.807) is 6.92 Å². The van der Waals surface area contributed by atoms with E-state index in [1.165, 1.54) is 37.2 Å². The van der Waals surface area contributed by atoms with Gasteiger partial charge in [0.2, 0.25) is 0 Å². The molecule has 5 N–H and O–H groups in total. The first-order valence-corrected chi connectivity index (χ1v) is 9.77. The molecule has 1 unspecified atom stereocenters. The SMILES string of the molecule is [CH2]C(C)(NC(=S)Nc1ccc(F)c(CNC(=O)N(C)C)c1N)c1cccc(C(F)(F)F)c1. The maximum Gasteiger partial charge on any atom is 0.416 e. The van der Waals surface area contributed by atoms with Gasteiger partial charge in [-0.05, 0) is 55.9 Å². The molecular formula is C21H24F4N5OS. The maximum absolute atomic E-state index is 14.2. The molecule has 0 bridgehead atoms. The van der Waals surface area contributed by atoms with Gasteiger partial charge in [0.15, 0.2) is 5.11 Å². The number of hydrogen-bond donors (Lipinski definition) is 4. The first-order chi connectivity index (χ1) is 14.7. The number of rotatable bonds is 5. The molecule has 173 valence electrons. The van der Waals surface area contributed by atoms with Crippen molar-refractivity contribution in [2.24, 2.45) is 0 Å². The average Bonchev–Trinajstić information content (AvgIpc) is 2.69. The number of anilines is 2. The number of alkyl halides is 3. The van der Waals surface area contributed by atoms with Gasteiger partial charge in [0.1, 0.15) is 5.82 Å². The van der Waals surface area contributed by atoms with Gasteiger partial charge in [0.05, 0.1) is 22.5 Å². The van der Waals surface area contributed by atoms with Gasteiger partial charge in [-0.25, -0.2) is 9.18 Å².